The van der Waals surface area contributed by atoms with Crippen molar-refractivity contribution in [1.82, 2.24) is 15.1 Å². The molecule has 0 aromatic rings. The number of fused-ring (bicyclic) bond motifs is 1. The molecule has 2 amide bonds. The number of nitrogens with zero attached hydrogens (tertiary/aromatic N) is 2. The SMILES string of the molecule is CC(C)(C)CC(=O)N1CCCC1C(=O)N1CC[C@@H]2CNC[C@@H]2CC1.Cl. The molecule has 3 rings (SSSR count). The Balaban J connectivity index is 0.00000225. The minimum absolute atomic E-state index is 0. The summed E-state index contributed by atoms with van der Waals surface area (Å²) in [7, 11) is 0. The summed E-state index contributed by atoms with van der Waals surface area (Å²) in [6.45, 7) is 10.9. The molecule has 144 valence electrons. The normalized spacial score (nSPS) is 29.8. The van der Waals surface area contributed by atoms with Gasteiger partial charge >= 0.3 is 0 Å². The fraction of sp³-hybridized carbons (Fsp3) is 0.895. The highest BCUT2D eigenvalue weighted by Gasteiger charge is 2.39. The summed E-state index contributed by atoms with van der Waals surface area (Å²) >= 11 is 0. The molecular weight excluding hydrogens is 338 g/mol. The fourth-order valence-corrected chi connectivity index (χ4v) is 4.53. The van der Waals surface area contributed by atoms with E-state index in [1.54, 1.807) is 0 Å². The first-order valence-corrected chi connectivity index (χ1v) is 9.64. The Morgan fingerprint density at radius 2 is 1.60 bits per heavy atom. The number of amides is 2. The number of rotatable bonds is 2. The third-order valence-electron chi connectivity index (χ3n) is 5.87. The van der Waals surface area contributed by atoms with E-state index in [0.29, 0.717) is 6.42 Å². The van der Waals surface area contributed by atoms with Crippen LogP contribution >= 0.6 is 12.4 Å². The van der Waals surface area contributed by atoms with E-state index < -0.39 is 0 Å². The maximum atomic E-state index is 13.1. The zero-order valence-corrected chi connectivity index (χ0v) is 16.7. The Morgan fingerprint density at radius 1 is 1.00 bits per heavy atom. The van der Waals surface area contributed by atoms with E-state index in [-0.39, 0.29) is 35.7 Å². The van der Waals surface area contributed by atoms with Crippen LogP contribution in [-0.4, -0.2) is 60.4 Å². The number of halogens is 1. The minimum Gasteiger partial charge on any atom is -0.341 e. The number of nitrogens with one attached hydrogen (secondary N) is 1. The van der Waals surface area contributed by atoms with E-state index in [1.807, 2.05) is 9.80 Å². The molecule has 3 aliphatic heterocycles. The predicted molar refractivity (Wildman–Crippen MR) is 102 cm³/mol. The van der Waals surface area contributed by atoms with Crippen molar-refractivity contribution >= 4 is 24.2 Å². The molecular formula is C19H34ClN3O2. The minimum atomic E-state index is -0.212. The number of likely N-dealkylation sites (tertiary alicyclic amines) is 2. The summed E-state index contributed by atoms with van der Waals surface area (Å²) in [5, 5.41) is 3.48. The summed E-state index contributed by atoms with van der Waals surface area (Å²) in [5.41, 5.74) is -0.0275. The van der Waals surface area contributed by atoms with Crippen molar-refractivity contribution in [2.45, 2.75) is 58.9 Å². The van der Waals surface area contributed by atoms with Crippen molar-refractivity contribution in [3.8, 4) is 0 Å². The second kappa shape index (κ2) is 8.26. The smallest absolute Gasteiger partial charge is 0.245 e. The zero-order chi connectivity index (χ0) is 17.3. The standard InChI is InChI=1S/C19H33N3O2.ClH/c1-19(2,3)11-17(23)22-8-4-5-16(22)18(24)21-9-6-14-12-20-13-15(14)7-10-21;/h14-16,20H,4-13H2,1-3H3;1H/t14-,15+,16?;. The van der Waals surface area contributed by atoms with E-state index in [1.165, 1.54) is 0 Å². The van der Waals surface area contributed by atoms with Crippen molar-refractivity contribution in [2.75, 3.05) is 32.7 Å². The van der Waals surface area contributed by atoms with E-state index in [2.05, 4.69) is 26.1 Å². The lowest BCUT2D eigenvalue weighted by Crippen LogP contribution is -2.48. The van der Waals surface area contributed by atoms with Crippen molar-refractivity contribution in [3.63, 3.8) is 0 Å². The predicted octanol–water partition coefficient (Wildman–Crippen LogP) is 2.29. The van der Waals surface area contributed by atoms with Gasteiger partial charge in [0.1, 0.15) is 6.04 Å². The first-order chi connectivity index (χ1) is 11.3. The van der Waals surface area contributed by atoms with E-state index in [0.717, 1.165) is 70.2 Å². The second-order valence-corrected chi connectivity index (χ2v) is 9.06. The monoisotopic (exact) mass is 371 g/mol. The lowest BCUT2D eigenvalue weighted by molar-refractivity contribution is -0.144. The summed E-state index contributed by atoms with van der Waals surface area (Å²) in [6, 6.07) is -0.212. The molecule has 3 heterocycles. The largest absolute Gasteiger partial charge is 0.341 e. The molecule has 1 N–H and O–H groups in total. The Labute approximate surface area is 158 Å². The van der Waals surface area contributed by atoms with Gasteiger partial charge in [-0.05, 0) is 56.0 Å². The summed E-state index contributed by atoms with van der Waals surface area (Å²) in [6.07, 6.45) is 4.51. The van der Waals surface area contributed by atoms with Gasteiger partial charge in [-0.15, -0.1) is 12.4 Å². The molecule has 0 aromatic carbocycles. The van der Waals surface area contributed by atoms with E-state index >= 15 is 0 Å². The van der Waals surface area contributed by atoms with Crippen molar-refractivity contribution < 1.29 is 9.59 Å². The van der Waals surface area contributed by atoms with Crippen molar-refractivity contribution in [1.29, 1.82) is 0 Å². The molecule has 0 aromatic heterocycles. The maximum Gasteiger partial charge on any atom is 0.245 e. The molecule has 3 saturated heterocycles. The van der Waals surface area contributed by atoms with Gasteiger partial charge < -0.3 is 15.1 Å². The van der Waals surface area contributed by atoms with Crippen LogP contribution in [0.3, 0.4) is 0 Å². The molecule has 0 radical (unpaired) electrons. The quantitative estimate of drug-likeness (QED) is 0.810. The van der Waals surface area contributed by atoms with Gasteiger partial charge in [-0.2, -0.15) is 0 Å². The fourth-order valence-electron chi connectivity index (χ4n) is 4.53. The molecule has 3 atom stereocenters. The van der Waals surface area contributed by atoms with E-state index in [4.69, 9.17) is 0 Å². The van der Waals surface area contributed by atoms with Crippen molar-refractivity contribution in [2.24, 2.45) is 17.3 Å². The third-order valence-corrected chi connectivity index (χ3v) is 5.87. The second-order valence-electron chi connectivity index (χ2n) is 9.06. The van der Waals surface area contributed by atoms with Crippen LogP contribution in [0.2, 0.25) is 0 Å². The van der Waals surface area contributed by atoms with Gasteiger partial charge in [0.15, 0.2) is 0 Å². The number of hydrogen-bond acceptors (Lipinski definition) is 3. The third kappa shape index (κ3) is 4.88. The average Bonchev–Trinajstić information content (AvgIpc) is 3.11. The molecule has 25 heavy (non-hydrogen) atoms. The van der Waals surface area contributed by atoms with Gasteiger partial charge in [0, 0.05) is 26.1 Å². The average molecular weight is 372 g/mol. The molecule has 5 nitrogen and oxygen atoms in total. The Hall–Kier alpha value is -0.810. The molecule has 1 unspecified atom stereocenters. The lowest BCUT2D eigenvalue weighted by Gasteiger charge is -2.31. The molecule has 3 aliphatic rings. The zero-order valence-electron chi connectivity index (χ0n) is 15.9. The summed E-state index contributed by atoms with van der Waals surface area (Å²) < 4.78 is 0. The molecule has 6 heteroatoms. The number of carbonyl (C=O) groups is 2. The Kier molecular flexibility index (Phi) is 6.77. The highest BCUT2D eigenvalue weighted by Crippen LogP contribution is 2.29. The number of carbonyl (C=O) groups excluding carboxylic acids is 2. The van der Waals surface area contributed by atoms with Crippen LogP contribution < -0.4 is 5.32 Å². The molecule has 0 saturated carbocycles. The maximum absolute atomic E-state index is 13.1. The highest BCUT2D eigenvalue weighted by molar-refractivity contribution is 5.88. The summed E-state index contributed by atoms with van der Waals surface area (Å²) in [5.74, 6) is 1.80. The van der Waals surface area contributed by atoms with Crippen LogP contribution in [0, 0.1) is 17.3 Å². The van der Waals surface area contributed by atoms with Gasteiger partial charge in [-0.25, -0.2) is 0 Å². The van der Waals surface area contributed by atoms with Gasteiger partial charge in [0.25, 0.3) is 0 Å². The van der Waals surface area contributed by atoms with Gasteiger partial charge in [-0.1, -0.05) is 20.8 Å². The van der Waals surface area contributed by atoms with Crippen LogP contribution in [0.1, 0.15) is 52.9 Å². The van der Waals surface area contributed by atoms with Crippen LogP contribution in [0.4, 0.5) is 0 Å². The highest BCUT2D eigenvalue weighted by atomic mass is 35.5. The van der Waals surface area contributed by atoms with Crippen LogP contribution in [-0.2, 0) is 9.59 Å². The van der Waals surface area contributed by atoms with Crippen molar-refractivity contribution in [3.05, 3.63) is 0 Å². The van der Waals surface area contributed by atoms with Crippen LogP contribution in [0.15, 0.2) is 0 Å². The van der Waals surface area contributed by atoms with Gasteiger partial charge in [0.2, 0.25) is 11.8 Å². The Morgan fingerprint density at radius 3 is 2.16 bits per heavy atom. The molecule has 0 spiro atoms. The molecule has 0 aliphatic carbocycles. The molecule has 3 fully saturated rings. The lowest BCUT2D eigenvalue weighted by atomic mass is 9.91. The summed E-state index contributed by atoms with van der Waals surface area (Å²) in [4.78, 5) is 29.6. The van der Waals surface area contributed by atoms with Crippen LogP contribution in [0.5, 0.6) is 0 Å². The first-order valence-electron chi connectivity index (χ1n) is 9.64. The van der Waals surface area contributed by atoms with Gasteiger partial charge in [-0.3, -0.25) is 9.59 Å². The van der Waals surface area contributed by atoms with E-state index in [9.17, 15) is 9.59 Å². The number of hydrogen-bond donors (Lipinski definition) is 1. The molecule has 0 bridgehead atoms. The first kappa shape index (κ1) is 20.5. The topological polar surface area (TPSA) is 52.7 Å². The van der Waals surface area contributed by atoms with Gasteiger partial charge in [0.05, 0.1) is 0 Å². The van der Waals surface area contributed by atoms with Crippen LogP contribution in [0.25, 0.3) is 0 Å². The Bertz CT molecular complexity index is 478.